The fourth-order valence-electron chi connectivity index (χ4n) is 2.15. The van der Waals surface area contributed by atoms with Gasteiger partial charge in [-0.15, -0.1) is 11.8 Å². The van der Waals surface area contributed by atoms with Crippen molar-refractivity contribution in [3.05, 3.63) is 59.7 Å². The fourth-order valence-corrected chi connectivity index (χ4v) is 2.99. The maximum Gasteiger partial charge on any atom is 0.413 e. The van der Waals surface area contributed by atoms with Gasteiger partial charge in [0.25, 0.3) is 5.91 Å². The Balaban J connectivity index is 1.91. The first-order valence-corrected chi connectivity index (χ1v) is 9.51. The summed E-state index contributed by atoms with van der Waals surface area (Å²) in [6.45, 7) is 1.32. The van der Waals surface area contributed by atoms with Crippen LogP contribution in [-0.4, -0.2) is 43.3 Å². The Bertz CT molecular complexity index is 898. The van der Waals surface area contributed by atoms with Crippen LogP contribution >= 0.6 is 11.8 Å². The zero-order valence-corrected chi connectivity index (χ0v) is 16.7. The second-order valence-electron chi connectivity index (χ2n) is 5.81. The van der Waals surface area contributed by atoms with Crippen molar-refractivity contribution in [3.63, 3.8) is 0 Å². The van der Waals surface area contributed by atoms with Crippen molar-refractivity contribution in [1.82, 2.24) is 5.32 Å². The SMILES string of the molecule is COC(=O)NC(=O)COC(=O)c1ccccc1SCC(=O)Nc1ccc(C)cc1. The van der Waals surface area contributed by atoms with Gasteiger partial charge in [0.2, 0.25) is 5.91 Å². The molecular formula is C20H20N2O6S. The Kier molecular flexibility index (Phi) is 8.23. The molecule has 2 aromatic rings. The first kappa shape index (κ1) is 22.0. The summed E-state index contributed by atoms with van der Waals surface area (Å²) >= 11 is 1.17. The highest BCUT2D eigenvalue weighted by Gasteiger charge is 2.16. The summed E-state index contributed by atoms with van der Waals surface area (Å²) in [7, 11) is 1.11. The number of anilines is 1. The fraction of sp³-hybridized carbons (Fsp3) is 0.200. The van der Waals surface area contributed by atoms with Gasteiger partial charge in [-0.25, -0.2) is 9.59 Å². The van der Waals surface area contributed by atoms with E-state index < -0.39 is 24.6 Å². The lowest BCUT2D eigenvalue weighted by molar-refractivity contribution is -0.123. The van der Waals surface area contributed by atoms with Crippen LogP contribution in [-0.2, 0) is 19.1 Å². The third-order valence-corrected chi connectivity index (χ3v) is 4.64. The van der Waals surface area contributed by atoms with E-state index in [-0.39, 0.29) is 17.2 Å². The molecule has 2 N–H and O–H groups in total. The molecular weight excluding hydrogens is 396 g/mol. The molecule has 0 atom stereocenters. The number of esters is 1. The minimum Gasteiger partial charge on any atom is -0.453 e. The molecule has 0 saturated carbocycles. The van der Waals surface area contributed by atoms with E-state index in [9.17, 15) is 19.2 Å². The van der Waals surface area contributed by atoms with E-state index in [0.29, 0.717) is 10.6 Å². The number of methoxy groups -OCH3 is 1. The summed E-state index contributed by atoms with van der Waals surface area (Å²) < 4.78 is 9.20. The summed E-state index contributed by atoms with van der Waals surface area (Å²) in [5.41, 5.74) is 1.99. The molecule has 0 fully saturated rings. The van der Waals surface area contributed by atoms with E-state index >= 15 is 0 Å². The zero-order chi connectivity index (χ0) is 21.2. The maximum atomic E-state index is 12.3. The summed E-state index contributed by atoms with van der Waals surface area (Å²) in [5.74, 6) is -1.69. The van der Waals surface area contributed by atoms with Crippen molar-refractivity contribution in [2.45, 2.75) is 11.8 Å². The smallest absolute Gasteiger partial charge is 0.413 e. The predicted molar refractivity (Wildman–Crippen MR) is 108 cm³/mol. The highest BCUT2D eigenvalue weighted by Crippen LogP contribution is 2.23. The van der Waals surface area contributed by atoms with Gasteiger partial charge in [-0.3, -0.25) is 14.9 Å². The van der Waals surface area contributed by atoms with E-state index in [1.807, 2.05) is 36.5 Å². The summed E-state index contributed by atoms with van der Waals surface area (Å²) in [5, 5.41) is 4.66. The second-order valence-corrected chi connectivity index (χ2v) is 6.83. The van der Waals surface area contributed by atoms with Crippen LogP contribution < -0.4 is 10.6 Å². The van der Waals surface area contributed by atoms with Crippen LogP contribution in [0.4, 0.5) is 10.5 Å². The van der Waals surface area contributed by atoms with Crippen molar-refractivity contribution < 1.29 is 28.7 Å². The molecule has 152 valence electrons. The molecule has 0 spiro atoms. The third-order valence-electron chi connectivity index (χ3n) is 3.56. The molecule has 2 rings (SSSR count). The quantitative estimate of drug-likeness (QED) is 0.527. The van der Waals surface area contributed by atoms with Crippen molar-refractivity contribution in [1.29, 1.82) is 0 Å². The Hall–Kier alpha value is -3.33. The molecule has 0 aromatic heterocycles. The Labute approximate surface area is 172 Å². The standard InChI is InChI=1S/C20H20N2O6S/c1-13-7-9-14(10-8-13)21-18(24)12-29-16-6-4-3-5-15(16)19(25)28-11-17(23)22-20(26)27-2/h3-10H,11-12H2,1-2H3,(H,21,24)(H,22,23,26). The first-order chi connectivity index (χ1) is 13.9. The van der Waals surface area contributed by atoms with Crippen LogP contribution in [0.1, 0.15) is 15.9 Å². The van der Waals surface area contributed by atoms with Gasteiger partial charge in [0, 0.05) is 10.6 Å². The van der Waals surface area contributed by atoms with E-state index in [0.717, 1.165) is 12.7 Å². The van der Waals surface area contributed by atoms with Crippen molar-refractivity contribution in [3.8, 4) is 0 Å². The predicted octanol–water partition coefficient (Wildman–Crippen LogP) is 2.77. The van der Waals surface area contributed by atoms with Crippen LogP contribution in [0.2, 0.25) is 0 Å². The number of benzene rings is 2. The Morgan fingerprint density at radius 2 is 1.66 bits per heavy atom. The summed E-state index contributed by atoms with van der Waals surface area (Å²) in [6.07, 6.45) is -0.943. The molecule has 8 nitrogen and oxygen atoms in total. The topological polar surface area (TPSA) is 111 Å². The van der Waals surface area contributed by atoms with Gasteiger partial charge in [0.15, 0.2) is 6.61 Å². The van der Waals surface area contributed by atoms with Crippen LogP contribution in [0.3, 0.4) is 0 Å². The molecule has 2 aromatic carbocycles. The number of rotatable bonds is 7. The average molecular weight is 416 g/mol. The van der Waals surface area contributed by atoms with Crippen LogP contribution in [0.25, 0.3) is 0 Å². The lowest BCUT2D eigenvalue weighted by atomic mass is 10.2. The molecule has 3 amide bonds. The van der Waals surface area contributed by atoms with Gasteiger partial charge < -0.3 is 14.8 Å². The van der Waals surface area contributed by atoms with Crippen LogP contribution in [0.15, 0.2) is 53.4 Å². The number of carbonyl (C=O) groups excluding carboxylic acids is 4. The number of ether oxygens (including phenoxy) is 2. The lowest BCUT2D eigenvalue weighted by Gasteiger charge is -2.10. The monoisotopic (exact) mass is 416 g/mol. The molecule has 0 aliphatic rings. The molecule has 0 saturated heterocycles. The minimum atomic E-state index is -0.943. The number of carbonyl (C=O) groups is 4. The number of imide groups is 1. The first-order valence-electron chi connectivity index (χ1n) is 8.52. The number of amides is 3. The molecule has 29 heavy (non-hydrogen) atoms. The van der Waals surface area contributed by atoms with Crippen LogP contribution in [0.5, 0.6) is 0 Å². The van der Waals surface area contributed by atoms with E-state index in [1.165, 1.54) is 17.8 Å². The van der Waals surface area contributed by atoms with Gasteiger partial charge in [0.1, 0.15) is 0 Å². The number of hydrogen-bond acceptors (Lipinski definition) is 7. The van der Waals surface area contributed by atoms with Gasteiger partial charge in [-0.2, -0.15) is 0 Å². The maximum absolute atomic E-state index is 12.3. The molecule has 0 heterocycles. The summed E-state index contributed by atoms with van der Waals surface area (Å²) in [4.78, 5) is 47.4. The number of thioether (sulfide) groups is 1. The molecule has 0 radical (unpaired) electrons. The number of nitrogens with one attached hydrogen (secondary N) is 2. The minimum absolute atomic E-state index is 0.0843. The van der Waals surface area contributed by atoms with Crippen molar-refractivity contribution in [2.75, 3.05) is 24.8 Å². The van der Waals surface area contributed by atoms with E-state index in [4.69, 9.17) is 4.74 Å². The third kappa shape index (κ3) is 7.30. The molecule has 9 heteroatoms. The zero-order valence-electron chi connectivity index (χ0n) is 15.9. The van der Waals surface area contributed by atoms with Gasteiger partial charge in [-0.1, -0.05) is 29.8 Å². The van der Waals surface area contributed by atoms with E-state index in [1.54, 1.807) is 18.2 Å². The van der Waals surface area contributed by atoms with Gasteiger partial charge >= 0.3 is 12.1 Å². The molecule has 0 unspecified atom stereocenters. The van der Waals surface area contributed by atoms with Gasteiger partial charge in [0.05, 0.1) is 18.4 Å². The highest BCUT2D eigenvalue weighted by molar-refractivity contribution is 8.00. The Morgan fingerprint density at radius 3 is 2.34 bits per heavy atom. The average Bonchev–Trinajstić information content (AvgIpc) is 2.72. The second kappa shape index (κ2) is 10.9. The van der Waals surface area contributed by atoms with Gasteiger partial charge in [-0.05, 0) is 31.2 Å². The number of hydrogen-bond donors (Lipinski definition) is 2. The van der Waals surface area contributed by atoms with Crippen molar-refractivity contribution in [2.24, 2.45) is 0 Å². The number of aryl methyl sites for hydroxylation is 1. The lowest BCUT2D eigenvalue weighted by Crippen LogP contribution is -2.34. The number of alkyl carbamates (subject to hydrolysis) is 1. The highest BCUT2D eigenvalue weighted by atomic mass is 32.2. The molecule has 0 aliphatic heterocycles. The molecule has 0 aliphatic carbocycles. The van der Waals surface area contributed by atoms with E-state index in [2.05, 4.69) is 10.1 Å². The Morgan fingerprint density at radius 1 is 0.966 bits per heavy atom. The normalized spacial score (nSPS) is 10.0. The largest absolute Gasteiger partial charge is 0.453 e. The summed E-state index contributed by atoms with van der Waals surface area (Å²) in [6, 6.07) is 14.0. The van der Waals surface area contributed by atoms with Crippen molar-refractivity contribution >= 4 is 41.3 Å². The molecule has 0 bridgehead atoms. The van der Waals surface area contributed by atoms with Crippen LogP contribution in [0, 0.1) is 6.92 Å².